The van der Waals surface area contributed by atoms with Crippen molar-refractivity contribution in [1.29, 1.82) is 0 Å². The number of carbonyl (C=O) groups is 2. The van der Waals surface area contributed by atoms with Crippen LogP contribution < -0.4 is 19.6 Å². The first-order valence-corrected chi connectivity index (χ1v) is 11.0. The second kappa shape index (κ2) is 9.79. The lowest BCUT2D eigenvalue weighted by Crippen LogP contribution is -2.29. The zero-order valence-electron chi connectivity index (χ0n) is 19.3. The summed E-state index contributed by atoms with van der Waals surface area (Å²) < 4.78 is 10.8. The van der Waals surface area contributed by atoms with Crippen LogP contribution >= 0.6 is 0 Å². The Balaban J connectivity index is 1.84. The summed E-state index contributed by atoms with van der Waals surface area (Å²) in [6.07, 6.45) is 3.52. The van der Waals surface area contributed by atoms with Gasteiger partial charge in [-0.2, -0.15) is 0 Å². The molecule has 1 aliphatic heterocycles. The van der Waals surface area contributed by atoms with E-state index < -0.39 is 23.5 Å². The van der Waals surface area contributed by atoms with Crippen LogP contribution in [0.5, 0.6) is 11.5 Å². The van der Waals surface area contributed by atoms with Crippen molar-refractivity contribution in [2.45, 2.75) is 26.4 Å². The molecule has 4 rings (SSSR count). The fraction of sp³-hybridized carbons (Fsp3) is 0.222. The van der Waals surface area contributed by atoms with Gasteiger partial charge >= 0.3 is 0 Å². The molecule has 0 saturated carbocycles. The number of methoxy groups -OCH3 is 1. The van der Waals surface area contributed by atoms with Crippen LogP contribution in [0.25, 0.3) is 5.76 Å². The number of likely N-dealkylation sites (tertiary alicyclic amines) is 1. The first-order valence-electron chi connectivity index (χ1n) is 11.0. The lowest BCUT2D eigenvalue weighted by molar-refractivity contribution is -0.378. The van der Waals surface area contributed by atoms with E-state index in [2.05, 4.69) is 4.98 Å². The molecule has 1 unspecified atom stereocenters. The minimum atomic E-state index is -0.814. The second-order valence-corrected chi connectivity index (χ2v) is 8.01. The third kappa shape index (κ3) is 4.37. The summed E-state index contributed by atoms with van der Waals surface area (Å²) in [5, 5.41) is 13.6. The summed E-state index contributed by atoms with van der Waals surface area (Å²) in [6, 6.07) is 15.0. The Morgan fingerprint density at radius 1 is 1.12 bits per heavy atom. The number of aryl methyl sites for hydroxylation is 1. The molecular weight excluding hydrogens is 432 g/mol. The van der Waals surface area contributed by atoms with Crippen molar-refractivity contribution in [3.8, 4) is 11.5 Å². The van der Waals surface area contributed by atoms with Gasteiger partial charge < -0.3 is 19.5 Å². The van der Waals surface area contributed by atoms with E-state index >= 15 is 0 Å². The summed E-state index contributed by atoms with van der Waals surface area (Å²) in [5.74, 6) is -0.635. The largest absolute Gasteiger partial charge is 0.872 e. The van der Waals surface area contributed by atoms with Crippen LogP contribution in [0.1, 0.15) is 35.2 Å². The van der Waals surface area contributed by atoms with Crippen molar-refractivity contribution in [2.75, 3.05) is 13.7 Å². The molecule has 1 saturated heterocycles. The topological polar surface area (TPSA) is 93.0 Å². The van der Waals surface area contributed by atoms with Crippen LogP contribution in [0.15, 0.2) is 72.6 Å². The van der Waals surface area contributed by atoms with Gasteiger partial charge in [0.25, 0.3) is 5.91 Å². The van der Waals surface area contributed by atoms with E-state index in [0.29, 0.717) is 29.2 Å². The van der Waals surface area contributed by atoms with E-state index in [-0.39, 0.29) is 12.1 Å². The van der Waals surface area contributed by atoms with Crippen LogP contribution in [0, 0.1) is 6.92 Å². The number of pyridine rings is 1. The summed E-state index contributed by atoms with van der Waals surface area (Å²) in [5.41, 5.74) is 2.52. The highest BCUT2D eigenvalue weighted by Gasteiger charge is 2.44. The van der Waals surface area contributed by atoms with Gasteiger partial charge in [0.1, 0.15) is 11.5 Å². The maximum absolute atomic E-state index is 13.6. The fourth-order valence-electron chi connectivity index (χ4n) is 4.19. The van der Waals surface area contributed by atoms with Gasteiger partial charge in [-0.25, -0.2) is 4.98 Å². The molecule has 1 atom stereocenters. The Hall–Kier alpha value is -4.13. The predicted octanol–water partition coefficient (Wildman–Crippen LogP) is 2.64. The van der Waals surface area contributed by atoms with Gasteiger partial charge in [-0.15, -0.1) is 0 Å². The molecule has 0 bridgehead atoms. The third-order valence-electron chi connectivity index (χ3n) is 5.82. The van der Waals surface area contributed by atoms with Crippen molar-refractivity contribution < 1.29 is 29.2 Å². The van der Waals surface area contributed by atoms with E-state index in [1.807, 2.05) is 26.0 Å². The number of hydrogen-bond donors (Lipinski definition) is 0. The van der Waals surface area contributed by atoms with E-state index in [4.69, 9.17) is 9.47 Å². The molecule has 0 spiro atoms. The molecule has 34 heavy (non-hydrogen) atoms. The Morgan fingerprint density at radius 3 is 2.50 bits per heavy atom. The number of carbonyl (C=O) groups excluding carboxylic acids is 2. The van der Waals surface area contributed by atoms with Crippen molar-refractivity contribution >= 4 is 17.4 Å². The summed E-state index contributed by atoms with van der Waals surface area (Å²) >= 11 is 0. The lowest BCUT2D eigenvalue weighted by atomic mass is 9.94. The summed E-state index contributed by atoms with van der Waals surface area (Å²) in [6.45, 7) is 4.41. The average molecular weight is 459 g/mol. The zero-order valence-corrected chi connectivity index (χ0v) is 19.3. The molecule has 1 aromatic heterocycles. The lowest BCUT2D eigenvalue weighted by Gasteiger charge is -2.27. The number of ketones is 1. The standard InChI is InChI=1S/C27H26N2O5/c1-4-34-21-10-7-19(8-11-21)24-23(25(30)20-9-12-22(33-3)17(2)14-20)26(31)27(32)29(24)16-18-6-5-13-28-15-18/h5-15,24,30H,4,16H2,1-3H3. The Kier molecular flexibility index (Phi) is 6.63. The van der Waals surface area contributed by atoms with E-state index in [0.717, 1.165) is 11.1 Å². The van der Waals surface area contributed by atoms with Crippen LogP contribution in [0.2, 0.25) is 0 Å². The number of aromatic nitrogens is 1. The molecule has 3 aromatic rings. The fourth-order valence-corrected chi connectivity index (χ4v) is 4.19. The SMILES string of the molecule is CCOc1ccc(C2C(=C([O-])c3ccc(OC)c(C)c3)C(=O)C(=O)N2Cc2ccc[nH+]c2)cc1. The van der Waals surface area contributed by atoms with Gasteiger partial charge in [0.15, 0.2) is 12.4 Å². The first kappa shape index (κ1) is 23.0. The number of aromatic amines is 1. The minimum absolute atomic E-state index is 0.0568. The van der Waals surface area contributed by atoms with Gasteiger partial charge in [0.2, 0.25) is 5.78 Å². The third-order valence-corrected chi connectivity index (χ3v) is 5.82. The highest BCUT2D eigenvalue weighted by molar-refractivity contribution is 6.46. The Bertz CT molecular complexity index is 1240. The maximum Gasteiger partial charge on any atom is 0.295 e. The smallest absolute Gasteiger partial charge is 0.295 e. The Labute approximate surface area is 198 Å². The molecule has 2 aromatic carbocycles. The average Bonchev–Trinajstić information content (AvgIpc) is 3.10. The first-order chi connectivity index (χ1) is 16.4. The van der Waals surface area contributed by atoms with E-state index in [9.17, 15) is 14.7 Å². The highest BCUT2D eigenvalue weighted by atomic mass is 16.5. The number of benzene rings is 2. The maximum atomic E-state index is 13.6. The summed E-state index contributed by atoms with van der Waals surface area (Å²) in [7, 11) is 1.55. The quantitative estimate of drug-likeness (QED) is 0.308. The van der Waals surface area contributed by atoms with Gasteiger partial charge in [0.05, 0.1) is 26.3 Å². The van der Waals surface area contributed by atoms with Crippen LogP contribution in [-0.2, 0) is 16.1 Å². The number of ether oxygens (including phenoxy) is 2. The number of Topliss-reactive ketones (excluding diaryl/α,β-unsaturated/α-hetero) is 1. The number of H-pyrrole nitrogens is 1. The van der Waals surface area contributed by atoms with Crippen LogP contribution in [0.4, 0.5) is 0 Å². The Morgan fingerprint density at radius 2 is 1.88 bits per heavy atom. The zero-order chi connectivity index (χ0) is 24.2. The minimum Gasteiger partial charge on any atom is -0.872 e. The molecule has 7 heteroatoms. The molecule has 1 N–H and O–H groups in total. The number of rotatable bonds is 7. The second-order valence-electron chi connectivity index (χ2n) is 8.01. The van der Waals surface area contributed by atoms with Crippen molar-refractivity contribution in [3.63, 3.8) is 0 Å². The molecular formula is C27H26N2O5. The number of hydrogen-bond acceptors (Lipinski definition) is 5. The number of nitrogens with zero attached hydrogens (tertiary/aromatic N) is 1. The van der Waals surface area contributed by atoms with E-state index in [1.165, 1.54) is 4.90 Å². The molecule has 1 amide bonds. The van der Waals surface area contributed by atoms with Gasteiger partial charge in [0, 0.05) is 17.2 Å². The molecule has 0 aliphatic carbocycles. The van der Waals surface area contributed by atoms with Gasteiger partial charge in [-0.05, 0) is 60.9 Å². The molecule has 1 fully saturated rings. The molecule has 7 nitrogen and oxygen atoms in total. The van der Waals surface area contributed by atoms with Crippen molar-refractivity contribution in [2.24, 2.45) is 0 Å². The molecule has 1 aliphatic rings. The number of nitrogens with one attached hydrogen (secondary N) is 1. The normalized spacial score (nSPS) is 17.1. The molecule has 2 heterocycles. The number of amides is 1. The van der Waals surface area contributed by atoms with Crippen LogP contribution in [-0.4, -0.2) is 30.3 Å². The van der Waals surface area contributed by atoms with E-state index in [1.54, 1.807) is 62.0 Å². The van der Waals surface area contributed by atoms with Crippen molar-refractivity contribution in [3.05, 3.63) is 94.8 Å². The van der Waals surface area contributed by atoms with Gasteiger partial charge in [-0.3, -0.25) is 9.59 Å². The monoisotopic (exact) mass is 458 g/mol. The molecule has 174 valence electrons. The summed E-state index contributed by atoms with van der Waals surface area (Å²) in [4.78, 5) is 30.7. The van der Waals surface area contributed by atoms with Crippen molar-refractivity contribution in [1.82, 2.24) is 4.90 Å². The molecule has 0 radical (unpaired) electrons. The van der Waals surface area contributed by atoms with Gasteiger partial charge in [-0.1, -0.05) is 24.0 Å². The predicted molar refractivity (Wildman–Crippen MR) is 124 cm³/mol. The van der Waals surface area contributed by atoms with Crippen LogP contribution in [0.3, 0.4) is 0 Å². The highest BCUT2D eigenvalue weighted by Crippen LogP contribution is 2.40.